The first kappa shape index (κ1) is 21.7. The molecule has 0 fully saturated rings. The first-order valence-corrected chi connectivity index (χ1v) is 10.9. The molecular weight excluding hydrogens is 394 g/mol. The Hall–Kier alpha value is -2.96. The van der Waals surface area contributed by atoms with E-state index in [1.54, 1.807) is 16.2 Å². The number of para-hydroxylation sites is 1. The molecule has 1 N–H and O–H groups in total. The van der Waals surface area contributed by atoms with Gasteiger partial charge in [0.25, 0.3) is 0 Å². The van der Waals surface area contributed by atoms with E-state index in [1.807, 2.05) is 90.0 Å². The van der Waals surface area contributed by atoms with Crippen molar-refractivity contribution >= 4 is 28.8 Å². The highest BCUT2D eigenvalue weighted by Gasteiger charge is 2.20. The molecule has 5 nitrogen and oxygen atoms in total. The largest absolute Gasteiger partial charge is 0.350 e. The van der Waals surface area contributed by atoms with Gasteiger partial charge < -0.3 is 10.2 Å². The lowest BCUT2D eigenvalue weighted by molar-refractivity contribution is -0.124. The molecule has 2 aromatic carbocycles. The molecule has 0 saturated heterocycles. The number of hydrogen-bond donors (Lipinski definition) is 1. The van der Waals surface area contributed by atoms with Crippen LogP contribution in [-0.2, 0) is 22.7 Å². The second kappa shape index (κ2) is 11.3. The topological polar surface area (TPSA) is 52.7 Å². The minimum absolute atomic E-state index is 0.0297. The number of anilines is 1. The van der Waals surface area contributed by atoms with Crippen molar-refractivity contribution in [1.29, 1.82) is 0 Å². The molecule has 2 amide bonds. The third-order valence-electron chi connectivity index (χ3n) is 4.77. The lowest BCUT2D eigenvalue weighted by Crippen LogP contribution is -2.44. The van der Waals surface area contributed by atoms with Gasteiger partial charge in [0.2, 0.25) is 11.8 Å². The number of nitrogens with one attached hydrogen (secondary N) is 1. The van der Waals surface area contributed by atoms with E-state index >= 15 is 0 Å². The maximum absolute atomic E-state index is 13.2. The average Bonchev–Trinajstić information content (AvgIpc) is 3.30. The molecule has 0 aliphatic heterocycles. The van der Waals surface area contributed by atoms with E-state index in [1.165, 1.54) is 0 Å². The van der Waals surface area contributed by atoms with Gasteiger partial charge in [-0.3, -0.25) is 14.5 Å². The first-order chi connectivity index (χ1) is 14.7. The predicted molar refractivity (Wildman–Crippen MR) is 122 cm³/mol. The quantitative estimate of drug-likeness (QED) is 0.540. The van der Waals surface area contributed by atoms with Crippen molar-refractivity contribution in [3.63, 3.8) is 0 Å². The van der Waals surface area contributed by atoms with Crippen LogP contribution in [0.4, 0.5) is 5.69 Å². The average molecular weight is 422 g/mol. The van der Waals surface area contributed by atoms with Gasteiger partial charge >= 0.3 is 0 Å². The second-order valence-corrected chi connectivity index (χ2v) is 7.99. The predicted octanol–water partition coefficient (Wildman–Crippen LogP) is 3.92. The van der Waals surface area contributed by atoms with Crippen LogP contribution in [-0.4, -0.2) is 36.3 Å². The Morgan fingerprint density at radius 3 is 2.23 bits per heavy atom. The molecule has 3 rings (SSSR count). The minimum Gasteiger partial charge on any atom is -0.350 e. The number of benzene rings is 2. The second-order valence-electron chi connectivity index (χ2n) is 6.96. The van der Waals surface area contributed by atoms with Crippen molar-refractivity contribution < 1.29 is 9.59 Å². The molecule has 1 aromatic heterocycles. The molecule has 0 aliphatic rings. The fourth-order valence-corrected chi connectivity index (χ4v) is 3.76. The van der Waals surface area contributed by atoms with Gasteiger partial charge in [-0.2, -0.15) is 0 Å². The van der Waals surface area contributed by atoms with Crippen LogP contribution in [0.5, 0.6) is 0 Å². The van der Waals surface area contributed by atoms with Gasteiger partial charge in [-0.25, -0.2) is 0 Å². The Kier molecular flexibility index (Phi) is 8.18. The van der Waals surface area contributed by atoms with Crippen LogP contribution in [0.3, 0.4) is 0 Å². The maximum Gasteiger partial charge on any atom is 0.241 e. The Balaban J connectivity index is 1.63. The van der Waals surface area contributed by atoms with Crippen LogP contribution in [0.15, 0.2) is 78.2 Å². The summed E-state index contributed by atoms with van der Waals surface area (Å²) in [6, 6.07) is 23.6. The van der Waals surface area contributed by atoms with E-state index in [0.29, 0.717) is 19.6 Å². The number of rotatable bonds is 10. The maximum atomic E-state index is 13.2. The molecule has 30 heavy (non-hydrogen) atoms. The van der Waals surface area contributed by atoms with Gasteiger partial charge in [0.15, 0.2) is 0 Å². The van der Waals surface area contributed by atoms with E-state index in [2.05, 4.69) is 5.32 Å². The first-order valence-electron chi connectivity index (χ1n) is 10.1. The molecule has 0 spiro atoms. The standard InChI is InChI=1S/C24H27N3O2S/c1-2-26(18-23(28)25-16-22-14-9-15-30-22)19-24(29)27(21-12-7-4-8-13-21)17-20-10-5-3-6-11-20/h3-15H,2,16-19H2,1H3,(H,25,28). The summed E-state index contributed by atoms with van der Waals surface area (Å²) in [4.78, 5) is 30.3. The number of amides is 2. The molecule has 6 heteroatoms. The Bertz CT molecular complexity index is 914. The van der Waals surface area contributed by atoms with Gasteiger partial charge in [-0.15, -0.1) is 11.3 Å². The number of likely N-dealkylation sites (N-methyl/N-ethyl adjacent to an activating group) is 1. The summed E-state index contributed by atoms with van der Waals surface area (Å²) in [5, 5.41) is 4.92. The van der Waals surface area contributed by atoms with Crippen molar-refractivity contribution in [3.8, 4) is 0 Å². The minimum atomic E-state index is -0.0765. The third-order valence-corrected chi connectivity index (χ3v) is 5.64. The van der Waals surface area contributed by atoms with Crippen LogP contribution in [0.25, 0.3) is 0 Å². The summed E-state index contributed by atoms with van der Waals surface area (Å²) in [6.45, 7) is 3.97. The number of carbonyl (C=O) groups excluding carboxylic acids is 2. The molecule has 1 heterocycles. The van der Waals surface area contributed by atoms with Crippen LogP contribution in [0.2, 0.25) is 0 Å². The highest BCUT2D eigenvalue weighted by atomic mass is 32.1. The molecule has 0 bridgehead atoms. The summed E-state index contributed by atoms with van der Waals surface area (Å²) >= 11 is 1.61. The molecular formula is C24H27N3O2S. The molecule has 3 aromatic rings. The van der Waals surface area contributed by atoms with E-state index in [-0.39, 0.29) is 24.9 Å². The summed E-state index contributed by atoms with van der Waals surface area (Å²) in [5.41, 5.74) is 1.91. The van der Waals surface area contributed by atoms with E-state index in [4.69, 9.17) is 0 Å². The smallest absolute Gasteiger partial charge is 0.241 e. The molecule has 0 unspecified atom stereocenters. The summed E-state index contributed by atoms with van der Waals surface area (Å²) in [7, 11) is 0. The SMILES string of the molecule is CCN(CC(=O)NCc1cccs1)CC(=O)N(Cc1ccccc1)c1ccccc1. The van der Waals surface area contributed by atoms with E-state index in [9.17, 15) is 9.59 Å². The number of nitrogens with zero attached hydrogens (tertiary/aromatic N) is 2. The fraction of sp³-hybridized carbons (Fsp3) is 0.250. The Morgan fingerprint density at radius 2 is 1.60 bits per heavy atom. The van der Waals surface area contributed by atoms with E-state index < -0.39 is 0 Å². The molecule has 156 valence electrons. The number of hydrogen-bond acceptors (Lipinski definition) is 4. The van der Waals surface area contributed by atoms with Crippen LogP contribution < -0.4 is 10.2 Å². The Labute approximate surface area is 181 Å². The molecule has 0 radical (unpaired) electrons. The van der Waals surface area contributed by atoms with Crippen molar-refractivity contribution in [2.75, 3.05) is 24.5 Å². The lowest BCUT2D eigenvalue weighted by atomic mass is 10.2. The molecule has 0 atom stereocenters. The van der Waals surface area contributed by atoms with Gasteiger partial charge in [0, 0.05) is 10.6 Å². The zero-order valence-corrected chi connectivity index (χ0v) is 18.0. The van der Waals surface area contributed by atoms with Crippen LogP contribution in [0.1, 0.15) is 17.4 Å². The monoisotopic (exact) mass is 421 g/mol. The summed E-state index contributed by atoms with van der Waals surface area (Å²) < 4.78 is 0. The third kappa shape index (κ3) is 6.54. The highest BCUT2D eigenvalue weighted by molar-refractivity contribution is 7.09. The molecule has 0 saturated carbocycles. The van der Waals surface area contributed by atoms with E-state index in [0.717, 1.165) is 16.1 Å². The van der Waals surface area contributed by atoms with Crippen molar-refractivity contribution in [2.24, 2.45) is 0 Å². The summed E-state index contributed by atoms with van der Waals surface area (Å²) in [5.74, 6) is -0.106. The van der Waals surface area contributed by atoms with Gasteiger partial charge in [0.1, 0.15) is 0 Å². The van der Waals surface area contributed by atoms with Gasteiger partial charge in [-0.1, -0.05) is 61.5 Å². The van der Waals surface area contributed by atoms with Crippen molar-refractivity contribution in [3.05, 3.63) is 88.6 Å². The van der Waals surface area contributed by atoms with Crippen LogP contribution >= 0.6 is 11.3 Å². The van der Waals surface area contributed by atoms with Gasteiger partial charge in [-0.05, 0) is 35.7 Å². The molecule has 0 aliphatic carbocycles. The fourth-order valence-electron chi connectivity index (χ4n) is 3.11. The summed E-state index contributed by atoms with van der Waals surface area (Å²) in [6.07, 6.45) is 0. The highest BCUT2D eigenvalue weighted by Crippen LogP contribution is 2.17. The normalized spacial score (nSPS) is 10.7. The lowest BCUT2D eigenvalue weighted by Gasteiger charge is -2.27. The number of carbonyl (C=O) groups is 2. The van der Waals surface area contributed by atoms with Crippen molar-refractivity contribution in [1.82, 2.24) is 10.2 Å². The Morgan fingerprint density at radius 1 is 0.900 bits per heavy atom. The van der Waals surface area contributed by atoms with Crippen LogP contribution in [0, 0.1) is 0 Å². The number of thiophene rings is 1. The van der Waals surface area contributed by atoms with Crippen molar-refractivity contribution in [2.45, 2.75) is 20.0 Å². The van der Waals surface area contributed by atoms with Gasteiger partial charge in [0.05, 0.1) is 26.2 Å². The zero-order chi connectivity index (χ0) is 21.2. The zero-order valence-electron chi connectivity index (χ0n) is 17.2.